The highest BCUT2D eigenvalue weighted by molar-refractivity contribution is 4.86. The van der Waals surface area contributed by atoms with Crippen LogP contribution < -0.4 is 5.32 Å². The average molecular weight is 252 g/mol. The Morgan fingerprint density at radius 1 is 1.00 bits per heavy atom. The first-order valence-corrected chi connectivity index (χ1v) is 7.82. The van der Waals surface area contributed by atoms with Crippen molar-refractivity contribution in [2.75, 3.05) is 26.2 Å². The van der Waals surface area contributed by atoms with Gasteiger partial charge < -0.3 is 15.0 Å². The molecule has 1 saturated carbocycles. The normalized spacial score (nSPS) is 41.7. The summed E-state index contributed by atoms with van der Waals surface area (Å²) in [5, 5.41) is 3.59. The summed E-state index contributed by atoms with van der Waals surface area (Å²) in [6, 6.07) is 0.813. The van der Waals surface area contributed by atoms with Crippen molar-refractivity contribution in [3.8, 4) is 0 Å². The van der Waals surface area contributed by atoms with Crippen molar-refractivity contribution in [2.24, 2.45) is 11.8 Å². The largest absolute Gasteiger partial charge is 0.372 e. The van der Waals surface area contributed by atoms with Crippen molar-refractivity contribution in [3.63, 3.8) is 0 Å². The van der Waals surface area contributed by atoms with Gasteiger partial charge in [-0.05, 0) is 37.5 Å². The fraction of sp³-hybridized carbons (Fsp3) is 1.00. The van der Waals surface area contributed by atoms with E-state index in [1.54, 1.807) is 0 Å². The minimum absolute atomic E-state index is 0.480. The molecule has 1 N–H and O–H groups in total. The summed E-state index contributed by atoms with van der Waals surface area (Å²) in [6.45, 7) is 9.53. The summed E-state index contributed by atoms with van der Waals surface area (Å²) in [5.41, 5.74) is 0. The van der Waals surface area contributed by atoms with Crippen LogP contribution in [0.2, 0.25) is 0 Å². The first-order chi connectivity index (χ1) is 8.70. The zero-order valence-electron chi connectivity index (χ0n) is 11.9. The van der Waals surface area contributed by atoms with E-state index in [4.69, 9.17) is 4.74 Å². The highest BCUT2D eigenvalue weighted by Gasteiger charge is 2.32. The summed E-state index contributed by atoms with van der Waals surface area (Å²) < 4.78 is 6.17. The van der Waals surface area contributed by atoms with Gasteiger partial charge in [-0.2, -0.15) is 0 Å². The summed E-state index contributed by atoms with van der Waals surface area (Å²) in [7, 11) is 0. The molecule has 4 unspecified atom stereocenters. The fourth-order valence-electron chi connectivity index (χ4n) is 3.34. The molecule has 2 aliphatic heterocycles. The molecule has 0 bridgehead atoms. The Labute approximate surface area is 111 Å². The first-order valence-electron chi connectivity index (χ1n) is 7.82. The van der Waals surface area contributed by atoms with Gasteiger partial charge in [0.1, 0.15) is 0 Å². The number of ether oxygens (including phenoxy) is 1. The molecule has 2 saturated heterocycles. The van der Waals surface area contributed by atoms with Gasteiger partial charge in [-0.3, -0.25) is 0 Å². The van der Waals surface area contributed by atoms with E-state index < -0.39 is 0 Å². The van der Waals surface area contributed by atoms with Crippen LogP contribution >= 0.6 is 0 Å². The second-order valence-electron chi connectivity index (χ2n) is 6.81. The number of rotatable bonds is 5. The van der Waals surface area contributed by atoms with Gasteiger partial charge in [0.25, 0.3) is 0 Å². The smallest absolute Gasteiger partial charge is 0.0707 e. The molecule has 0 radical (unpaired) electrons. The molecule has 0 aromatic heterocycles. The Morgan fingerprint density at radius 2 is 1.67 bits per heavy atom. The van der Waals surface area contributed by atoms with Crippen molar-refractivity contribution < 1.29 is 4.74 Å². The monoisotopic (exact) mass is 252 g/mol. The van der Waals surface area contributed by atoms with Crippen LogP contribution in [0, 0.1) is 11.8 Å². The van der Waals surface area contributed by atoms with Crippen LogP contribution in [0.15, 0.2) is 0 Å². The van der Waals surface area contributed by atoms with Crippen molar-refractivity contribution in [1.29, 1.82) is 0 Å². The van der Waals surface area contributed by atoms with Crippen molar-refractivity contribution in [1.82, 2.24) is 10.2 Å². The first kappa shape index (κ1) is 12.9. The van der Waals surface area contributed by atoms with Crippen molar-refractivity contribution in [2.45, 2.75) is 57.8 Å². The molecule has 2 heterocycles. The molecule has 3 aliphatic rings. The Bertz CT molecular complexity index is 270. The Balaban J connectivity index is 1.36. The zero-order chi connectivity index (χ0) is 12.5. The Morgan fingerprint density at radius 3 is 2.33 bits per heavy atom. The lowest BCUT2D eigenvalue weighted by Gasteiger charge is -2.21. The lowest BCUT2D eigenvalue weighted by Crippen LogP contribution is -2.33. The molecule has 3 heteroatoms. The van der Waals surface area contributed by atoms with E-state index in [9.17, 15) is 0 Å². The van der Waals surface area contributed by atoms with Gasteiger partial charge in [0.2, 0.25) is 0 Å². The maximum atomic E-state index is 6.17. The molecule has 0 aromatic carbocycles. The van der Waals surface area contributed by atoms with E-state index in [-0.39, 0.29) is 0 Å². The number of hydrogen-bond acceptors (Lipinski definition) is 3. The molecule has 3 fully saturated rings. The SMILES string of the molecule is CC1CN(CC2CCC(CNC3CC3)O2)CC1C. The molecule has 0 aromatic rings. The van der Waals surface area contributed by atoms with Crippen molar-refractivity contribution >= 4 is 0 Å². The summed E-state index contributed by atoms with van der Waals surface area (Å²) in [5.74, 6) is 1.72. The molecular formula is C15H28N2O. The highest BCUT2D eigenvalue weighted by Crippen LogP contribution is 2.26. The third-order valence-corrected chi connectivity index (χ3v) is 4.93. The number of nitrogens with zero attached hydrogens (tertiary/aromatic N) is 1. The van der Waals surface area contributed by atoms with Crippen LogP contribution in [-0.4, -0.2) is 49.3 Å². The predicted octanol–water partition coefficient (Wildman–Crippen LogP) is 1.87. The van der Waals surface area contributed by atoms with Gasteiger partial charge in [0.15, 0.2) is 0 Å². The van der Waals surface area contributed by atoms with Crippen LogP contribution in [0.25, 0.3) is 0 Å². The summed E-state index contributed by atoms with van der Waals surface area (Å²) in [6.07, 6.45) is 6.24. The maximum Gasteiger partial charge on any atom is 0.0707 e. The molecule has 0 amide bonds. The van der Waals surface area contributed by atoms with E-state index in [0.717, 1.165) is 31.0 Å². The topological polar surface area (TPSA) is 24.5 Å². The molecule has 18 heavy (non-hydrogen) atoms. The lowest BCUT2D eigenvalue weighted by atomic mass is 10.0. The predicted molar refractivity (Wildman–Crippen MR) is 73.7 cm³/mol. The van der Waals surface area contributed by atoms with E-state index >= 15 is 0 Å². The van der Waals surface area contributed by atoms with E-state index in [1.165, 1.54) is 38.8 Å². The van der Waals surface area contributed by atoms with Crippen LogP contribution in [-0.2, 0) is 4.74 Å². The van der Waals surface area contributed by atoms with Gasteiger partial charge in [0.05, 0.1) is 12.2 Å². The number of nitrogens with one attached hydrogen (secondary N) is 1. The van der Waals surface area contributed by atoms with Gasteiger partial charge in [-0.1, -0.05) is 13.8 Å². The van der Waals surface area contributed by atoms with E-state index in [0.29, 0.717) is 12.2 Å². The Kier molecular flexibility index (Phi) is 3.92. The molecule has 0 spiro atoms. The molecule has 3 rings (SSSR count). The van der Waals surface area contributed by atoms with Crippen molar-refractivity contribution in [3.05, 3.63) is 0 Å². The Hall–Kier alpha value is -0.120. The second kappa shape index (κ2) is 5.48. The standard InChI is InChI=1S/C15H28N2O/c1-11-8-17(9-12(11)2)10-15-6-5-14(18-15)7-16-13-3-4-13/h11-16H,3-10H2,1-2H3. The quantitative estimate of drug-likeness (QED) is 0.808. The van der Waals surface area contributed by atoms with Crippen LogP contribution in [0.5, 0.6) is 0 Å². The van der Waals surface area contributed by atoms with Crippen LogP contribution in [0.3, 0.4) is 0 Å². The molecular weight excluding hydrogens is 224 g/mol. The van der Waals surface area contributed by atoms with Crippen LogP contribution in [0.4, 0.5) is 0 Å². The van der Waals surface area contributed by atoms with Crippen LogP contribution in [0.1, 0.15) is 39.5 Å². The molecule has 4 atom stereocenters. The van der Waals surface area contributed by atoms with Gasteiger partial charge in [0, 0.05) is 32.2 Å². The van der Waals surface area contributed by atoms with E-state index in [2.05, 4.69) is 24.1 Å². The highest BCUT2D eigenvalue weighted by atomic mass is 16.5. The summed E-state index contributed by atoms with van der Waals surface area (Å²) >= 11 is 0. The van der Waals surface area contributed by atoms with Gasteiger partial charge in [-0.25, -0.2) is 0 Å². The fourth-order valence-corrected chi connectivity index (χ4v) is 3.34. The molecule has 3 nitrogen and oxygen atoms in total. The maximum absolute atomic E-state index is 6.17. The average Bonchev–Trinajstić information content (AvgIpc) is 2.98. The second-order valence-corrected chi connectivity index (χ2v) is 6.81. The molecule has 104 valence electrons. The third-order valence-electron chi connectivity index (χ3n) is 4.93. The number of hydrogen-bond donors (Lipinski definition) is 1. The van der Waals surface area contributed by atoms with Gasteiger partial charge >= 0.3 is 0 Å². The number of likely N-dealkylation sites (tertiary alicyclic amines) is 1. The zero-order valence-corrected chi connectivity index (χ0v) is 11.9. The lowest BCUT2D eigenvalue weighted by molar-refractivity contribution is 0.0265. The third kappa shape index (κ3) is 3.25. The minimum Gasteiger partial charge on any atom is -0.372 e. The minimum atomic E-state index is 0.480. The van der Waals surface area contributed by atoms with E-state index in [1.807, 2.05) is 0 Å². The van der Waals surface area contributed by atoms with Gasteiger partial charge in [-0.15, -0.1) is 0 Å². The molecule has 1 aliphatic carbocycles. The summed E-state index contributed by atoms with van der Waals surface area (Å²) in [4.78, 5) is 2.61.